The maximum Gasteiger partial charge on any atom is 0.269 e. The van der Waals surface area contributed by atoms with Gasteiger partial charge in [0.25, 0.3) is 5.69 Å². The highest BCUT2D eigenvalue weighted by Gasteiger charge is 2.42. The molecule has 2 unspecified atom stereocenters. The molecule has 1 aromatic heterocycles. The molecule has 8 nitrogen and oxygen atoms in total. The minimum absolute atomic E-state index is 0.0412. The second-order valence-electron chi connectivity index (χ2n) is 8.36. The van der Waals surface area contributed by atoms with Gasteiger partial charge in [-0.25, -0.2) is 0 Å². The number of hydrogen-bond donors (Lipinski definition) is 1. The van der Waals surface area contributed by atoms with Crippen LogP contribution in [0.2, 0.25) is 5.02 Å². The van der Waals surface area contributed by atoms with Gasteiger partial charge in [0, 0.05) is 48.2 Å². The van der Waals surface area contributed by atoms with Gasteiger partial charge in [0.1, 0.15) is 5.76 Å². The number of carbonyl (C=O) groups excluding carboxylic acids is 1. The third kappa shape index (κ3) is 4.26. The van der Waals surface area contributed by atoms with Crippen molar-refractivity contribution in [1.29, 1.82) is 0 Å². The normalized spacial score (nSPS) is 19.5. The van der Waals surface area contributed by atoms with Gasteiger partial charge < -0.3 is 19.5 Å². The van der Waals surface area contributed by atoms with E-state index in [0.717, 1.165) is 23.5 Å². The number of fused-ring (bicyclic) bond motifs is 3. The van der Waals surface area contributed by atoms with Crippen LogP contribution in [-0.2, 0) is 17.8 Å². The number of piperazine rings is 1. The molecular weight excluding hydrogens is 444 g/mol. The van der Waals surface area contributed by atoms with Crippen molar-refractivity contribution >= 4 is 34.6 Å². The molecule has 0 radical (unpaired) electrons. The van der Waals surface area contributed by atoms with E-state index in [-0.39, 0.29) is 23.6 Å². The van der Waals surface area contributed by atoms with E-state index in [2.05, 4.69) is 15.1 Å². The van der Waals surface area contributed by atoms with E-state index in [4.69, 9.17) is 16.0 Å². The fourth-order valence-electron chi connectivity index (χ4n) is 4.85. The minimum Gasteiger partial charge on any atom is -0.467 e. The molecule has 2 aromatic carbocycles. The Labute approximate surface area is 195 Å². The van der Waals surface area contributed by atoms with Crippen molar-refractivity contribution in [2.45, 2.75) is 19.0 Å². The lowest BCUT2D eigenvalue weighted by Crippen LogP contribution is -2.61. The van der Waals surface area contributed by atoms with Crippen LogP contribution in [0.4, 0.5) is 17.1 Å². The molecule has 1 fully saturated rings. The molecule has 2 aliphatic rings. The molecule has 0 saturated carbocycles. The second kappa shape index (κ2) is 8.78. The number of rotatable bonds is 5. The summed E-state index contributed by atoms with van der Waals surface area (Å²) < 4.78 is 5.34. The predicted molar refractivity (Wildman–Crippen MR) is 126 cm³/mol. The molecule has 1 amide bonds. The van der Waals surface area contributed by atoms with Gasteiger partial charge in [0.15, 0.2) is 0 Å². The topological polar surface area (TPSA) is 91.9 Å². The molecule has 1 N–H and O–H groups in total. The zero-order chi connectivity index (χ0) is 22.9. The largest absolute Gasteiger partial charge is 0.467 e. The van der Waals surface area contributed by atoms with Crippen LogP contribution in [0, 0.1) is 16.0 Å². The van der Waals surface area contributed by atoms with Crippen LogP contribution in [0.3, 0.4) is 0 Å². The summed E-state index contributed by atoms with van der Waals surface area (Å²) in [5.41, 5.74) is 2.85. The van der Waals surface area contributed by atoms with Gasteiger partial charge in [-0.2, -0.15) is 0 Å². The summed E-state index contributed by atoms with van der Waals surface area (Å²) in [6.07, 6.45) is 2.01. The number of non-ortho nitro benzene ring substituents is 1. The zero-order valence-corrected chi connectivity index (χ0v) is 18.6. The fraction of sp³-hybridized carbons (Fsp3) is 0.292. The van der Waals surface area contributed by atoms with E-state index < -0.39 is 4.92 Å². The number of nitro benzene ring substituents is 1. The Kier molecular flexibility index (Phi) is 5.68. The lowest BCUT2D eigenvalue weighted by molar-refractivity contribution is -0.384. The highest BCUT2D eigenvalue weighted by Crippen LogP contribution is 2.38. The number of nitrogens with zero attached hydrogens (tertiary/aromatic N) is 3. The molecule has 3 aromatic rings. The molecule has 0 aliphatic carbocycles. The van der Waals surface area contributed by atoms with Crippen LogP contribution in [0.15, 0.2) is 65.3 Å². The maximum atomic E-state index is 13.3. The number of nitrogens with one attached hydrogen (secondary N) is 1. The number of anilines is 2. The van der Waals surface area contributed by atoms with Crippen molar-refractivity contribution in [1.82, 2.24) is 5.32 Å². The van der Waals surface area contributed by atoms with E-state index in [1.54, 1.807) is 18.4 Å². The van der Waals surface area contributed by atoms with Gasteiger partial charge in [0.05, 0.1) is 29.7 Å². The van der Waals surface area contributed by atoms with Crippen molar-refractivity contribution in [2.24, 2.45) is 5.92 Å². The highest BCUT2D eigenvalue weighted by atomic mass is 35.5. The van der Waals surface area contributed by atoms with Gasteiger partial charge in [-0.05, 0) is 48.4 Å². The standard InChI is InChI=1S/C24H23ClN4O4/c25-17-3-1-4-18(13-17)27-8-9-28-22-7-6-19(29(31)32)11-16(22)12-21(23(28)15-27)24(30)26-14-20-5-2-10-33-20/h1-7,10-11,13,21,23H,8-9,12,14-15H2,(H,26,30). The Hall–Kier alpha value is -3.52. The van der Waals surface area contributed by atoms with Crippen molar-refractivity contribution in [3.05, 3.63) is 87.3 Å². The monoisotopic (exact) mass is 466 g/mol. The van der Waals surface area contributed by atoms with Gasteiger partial charge in [0.2, 0.25) is 5.91 Å². The van der Waals surface area contributed by atoms with Crippen LogP contribution < -0.4 is 15.1 Å². The molecular formula is C24H23ClN4O4. The molecule has 0 spiro atoms. The van der Waals surface area contributed by atoms with Gasteiger partial charge in [-0.3, -0.25) is 14.9 Å². The molecule has 5 rings (SSSR count). The minimum atomic E-state index is -0.393. The first-order valence-corrected chi connectivity index (χ1v) is 11.2. The SMILES string of the molecule is O=C(NCc1ccco1)C1Cc2cc([N+](=O)[O-])ccc2N2CCN(c3cccc(Cl)c3)CC12. The molecule has 33 heavy (non-hydrogen) atoms. The Morgan fingerprint density at radius 3 is 2.82 bits per heavy atom. The number of benzene rings is 2. The second-order valence-corrected chi connectivity index (χ2v) is 8.80. The molecule has 3 heterocycles. The van der Waals surface area contributed by atoms with E-state index in [0.29, 0.717) is 36.8 Å². The van der Waals surface area contributed by atoms with Crippen LogP contribution in [-0.4, -0.2) is 36.5 Å². The van der Waals surface area contributed by atoms with Gasteiger partial charge >= 0.3 is 0 Å². The number of amides is 1. The summed E-state index contributed by atoms with van der Waals surface area (Å²) in [5.74, 6) is 0.221. The van der Waals surface area contributed by atoms with Crippen molar-refractivity contribution < 1.29 is 14.1 Å². The third-order valence-corrected chi connectivity index (χ3v) is 6.67. The number of nitro groups is 1. The number of halogens is 1. The molecule has 2 atom stereocenters. The summed E-state index contributed by atoms with van der Waals surface area (Å²) in [5, 5.41) is 15.0. The Bertz CT molecular complexity index is 1180. The summed E-state index contributed by atoms with van der Waals surface area (Å²) >= 11 is 6.21. The third-order valence-electron chi connectivity index (χ3n) is 6.43. The maximum absolute atomic E-state index is 13.3. The van der Waals surface area contributed by atoms with E-state index in [1.165, 1.54) is 6.07 Å². The van der Waals surface area contributed by atoms with Crippen molar-refractivity contribution in [3.8, 4) is 0 Å². The highest BCUT2D eigenvalue weighted by molar-refractivity contribution is 6.30. The van der Waals surface area contributed by atoms with E-state index >= 15 is 0 Å². The van der Waals surface area contributed by atoms with E-state index in [1.807, 2.05) is 36.4 Å². The molecule has 0 bridgehead atoms. The molecule has 9 heteroatoms. The first kappa shape index (κ1) is 21.3. The van der Waals surface area contributed by atoms with Crippen LogP contribution in [0.1, 0.15) is 11.3 Å². The lowest BCUT2D eigenvalue weighted by atomic mass is 9.83. The summed E-state index contributed by atoms with van der Waals surface area (Å²) in [7, 11) is 0. The van der Waals surface area contributed by atoms with Crippen LogP contribution in [0.5, 0.6) is 0 Å². The number of furan rings is 1. The van der Waals surface area contributed by atoms with E-state index in [9.17, 15) is 14.9 Å². The summed E-state index contributed by atoms with van der Waals surface area (Å²) in [4.78, 5) is 28.7. The number of carbonyl (C=O) groups is 1. The Balaban J connectivity index is 1.45. The Morgan fingerprint density at radius 2 is 2.06 bits per heavy atom. The lowest BCUT2D eigenvalue weighted by Gasteiger charge is -2.49. The van der Waals surface area contributed by atoms with Crippen LogP contribution in [0.25, 0.3) is 0 Å². The Morgan fingerprint density at radius 1 is 1.18 bits per heavy atom. The predicted octanol–water partition coefficient (Wildman–Crippen LogP) is 4.03. The summed E-state index contributed by atoms with van der Waals surface area (Å²) in [6, 6.07) is 16.2. The van der Waals surface area contributed by atoms with Gasteiger partial charge in [-0.1, -0.05) is 17.7 Å². The molecule has 1 saturated heterocycles. The zero-order valence-electron chi connectivity index (χ0n) is 17.8. The molecule has 2 aliphatic heterocycles. The fourth-order valence-corrected chi connectivity index (χ4v) is 5.03. The molecule has 170 valence electrons. The summed E-state index contributed by atoms with van der Waals surface area (Å²) in [6.45, 7) is 2.41. The van der Waals surface area contributed by atoms with Crippen LogP contribution >= 0.6 is 11.6 Å². The average Bonchev–Trinajstić information content (AvgIpc) is 3.35. The van der Waals surface area contributed by atoms with Gasteiger partial charge in [-0.15, -0.1) is 0 Å². The number of hydrogen-bond acceptors (Lipinski definition) is 6. The smallest absolute Gasteiger partial charge is 0.269 e. The first-order chi connectivity index (χ1) is 16.0. The first-order valence-electron chi connectivity index (χ1n) is 10.8. The van der Waals surface area contributed by atoms with Crippen molar-refractivity contribution in [2.75, 3.05) is 29.4 Å². The quantitative estimate of drug-likeness (QED) is 0.451. The van der Waals surface area contributed by atoms with Crippen molar-refractivity contribution in [3.63, 3.8) is 0 Å². The average molecular weight is 467 g/mol.